The minimum atomic E-state index is -0.402. The third-order valence-corrected chi connectivity index (χ3v) is 9.54. The summed E-state index contributed by atoms with van der Waals surface area (Å²) in [4.78, 5) is 50.5. The molecule has 0 bridgehead atoms. The quantitative estimate of drug-likeness (QED) is 0.175. The van der Waals surface area contributed by atoms with Gasteiger partial charge in [0.25, 0.3) is 0 Å². The van der Waals surface area contributed by atoms with E-state index in [2.05, 4.69) is 82.7 Å². The third-order valence-electron chi connectivity index (χ3n) is 9.54. The van der Waals surface area contributed by atoms with E-state index in [0.717, 1.165) is 124 Å². The fourth-order valence-corrected chi connectivity index (χ4v) is 6.31. The zero-order valence-electron chi connectivity index (χ0n) is 29.8. The lowest BCUT2D eigenvalue weighted by molar-refractivity contribution is -0.122. The summed E-state index contributed by atoms with van der Waals surface area (Å²) >= 11 is 0. The Morgan fingerprint density at radius 1 is 0.571 bits per heavy atom. The van der Waals surface area contributed by atoms with Crippen LogP contribution in [0.2, 0.25) is 0 Å². The van der Waals surface area contributed by atoms with E-state index >= 15 is 0 Å². The number of piperazine rings is 3. The number of alkyl carbamates (subject to hydrolysis) is 2. The molecule has 49 heavy (non-hydrogen) atoms. The number of carbonyl (C=O) groups excluding carboxylic acids is 3. The lowest BCUT2D eigenvalue weighted by Crippen LogP contribution is -2.51. The standard InChI is InChI=1S/C35H61N9O5/c1-39-16-18-40(19-17-39)14-11-37-34(46)48-28-6-3-7-29-49-35(47)38-12-15-42-22-26-44(27-23-42)31-33(45)36-10-13-41-20-24-43(25-21-41)30-32-8-4-2-5-9-32/h2,4-5,8-9H,3,6-7,10-31H2,1H3,(H,36,45)(H,37,46)(H,38,47). The number of hydrogen-bond donors (Lipinski definition) is 3. The molecule has 3 N–H and O–H groups in total. The Kier molecular flexibility index (Phi) is 17.9. The Bertz CT molecular complexity index is 1080. The summed E-state index contributed by atoms with van der Waals surface area (Å²) in [5.41, 5.74) is 1.36. The molecule has 3 aliphatic rings. The Labute approximate surface area is 293 Å². The van der Waals surface area contributed by atoms with Crippen LogP contribution < -0.4 is 16.0 Å². The van der Waals surface area contributed by atoms with Crippen molar-refractivity contribution in [2.75, 3.05) is 145 Å². The number of amides is 3. The van der Waals surface area contributed by atoms with Crippen molar-refractivity contribution < 1.29 is 23.9 Å². The Hall–Kier alpha value is -3.01. The molecule has 3 saturated heterocycles. The van der Waals surface area contributed by atoms with E-state index < -0.39 is 6.09 Å². The van der Waals surface area contributed by atoms with E-state index in [4.69, 9.17) is 9.47 Å². The predicted molar refractivity (Wildman–Crippen MR) is 191 cm³/mol. The van der Waals surface area contributed by atoms with Gasteiger partial charge in [-0.25, -0.2) is 9.59 Å². The van der Waals surface area contributed by atoms with Gasteiger partial charge in [0.1, 0.15) is 0 Å². The van der Waals surface area contributed by atoms with Crippen LogP contribution in [0.4, 0.5) is 9.59 Å². The number of benzene rings is 1. The molecular weight excluding hydrogens is 626 g/mol. The highest BCUT2D eigenvalue weighted by atomic mass is 16.6. The zero-order chi connectivity index (χ0) is 34.5. The average Bonchev–Trinajstić information content (AvgIpc) is 3.11. The minimum Gasteiger partial charge on any atom is -0.450 e. The number of hydrogen-bond acceptors (Lipinski definition) is 11. The van der Waals surface area contributed by atoms with Gasteiger partial charge in [-0.1, -0.05) is 30.3 Å². The summed E-state index contributed by atoms with van der Waals surface area (Å²) < 4.78 is 10.5. The maximum atomic E-state index is 12.5. The van der Waals surface area contributed by atoms with Gasteiger partial charge < -0.3 is 30.3 Å². The number of likely N-dealkylation sites (N-methyl/N-ethyl adjacent to an activating group) is 1. The molecule has 3 aliphatic heterocycles. The molecule has 3 fully saturated rings. The van der Waals surface area contributed by atoms with Gasteiger partial charge in [-0.2, -0.15) is 0 Å². The molecule has 3 heterocycles. The van der Waals surface area contributed by atoms with E-state index in [1.54, 1.807) is 0 Å². The van der Waals surface area contributed by atoms with Crippen molar-refractivity contribution in [1.82, 2.24) is 45.3 Å². The van der Waals surface area contributed by atoms with E-state index in [0.29, 0.717) is 39.4 Å². The van der Waals surface area contributed by atoms with Crippen LogP contribution in [-0.2, 0) is 20.8 Å². The van der Waals surface area contributed by atoms with Crippen LogP contribution in [0.5, 0.6) is 0 Å². The number of carbonyl (C=O) groups is 3. The van der Waals surface area contributed by atoms with Crippen LogP contribution in [0.25, 0.3) is 0 Å². The largest absolute Gasteiger partial charge is 0.450 e. The van der Waals surface area contributed by atoms with Crippen molar-refractivity contribution in [1.29, 1.82) is 0 Å². The Morgan fingerprint density at radius 3 is 1.55 bits per heavy atom. The van der Waals surface area contributed by atoms with Gasteiger partial charge in [0.05, 0.1) is 19.8 Å². The van der Waals surface area contributed by atoms with Crippen LogP contribution in [-0.4, -0.2) is 192 Å². The predicted octanol–water partition coefficient (Wildman–Crippen LogP) is 0.408. The van der Waals surface area contributed by atoms with Crippen LogP contribution in [0.3, 0.4) is 0 Å². The number of rotatable bonds is 19. The second-order valence-corrected chi connectivity index (χ2v) is 13.4. The number of ether oxygens (including phenoxy) is 2. The molecule has 1 aromatic rings. The first kappa shape index (κ1) is 38.8. The van der Waals surface area contributed by atoms with Crippen molar-refractivity contribution in [2.45, 2.75) is 25.8 Å². The van der Waals surface area contributed by atoms with Gasteiger partial charge in [-0.3, -0.25) is 29.3 Å². The van der Waals surface area contributed by atoms with E-state index in [1.165, 1.54) is 5.56 Å². The van der Waals surface area contributed by atoms with Crippen LogP contribution in [0.1, 0.15) is 24.8 Å². The molecule has 1 aromatic carbocycles. The molecule has 0 aromatic heterocycles. The van der Waals surface area contributed by atoms with Gasteiger partial charge in [0, 0.05) is 124 Å². The number of nitrogens with zero attached hydrogens (tertiary/aromatic N) is 6. The summed E-state index contributed by atoms with van der Waals surface area (Å²) in [6.45, 7) is 18.2. The number of nitrogens with one attached hydrogen (secondary N) is 3. The molecule has 0 saturated carbocycles. The zero-order valence-corrected chi connectivity index (χ0v) is 29.8. The minimum absolute atomic E-state index is 0.0887. The fourth-order valence-electron chi connectivity index (χ4n) is 6.31. The molecular formula is C35H61N9O5. The Morgan fingerprint density at radius 2 is 1.02 bits per heavy atom. The molecule has 0 spiro atoms. The molecule has 0 atom stereocenters. The smallest absolute Gasteiger partial charge is 0.407 e. The van der Waals surface area contributed by atoms with Gasteiger partial charge in [0.2, 0.25) is 5.91 Å². The molecule has 0 radical (unpaired) electrons. The number of unbranched alkanes of at least 4 members (excludes halogenated alkanes) is 2. The molecule has 14 nitrogen and oxygen atoms in total. The molecule has 4 rings (SSSR count). The third kappa shape index (κ3) is 16.5. The summed E-state index contributed by atoms with van der Waals surface area (Å²) in [6, 6.07) is 10.6. The second-order valence-electron chi connectivity index (χ2n) is 13.4. The molecule has 3 amide bonds. The molecule has 0 unspecified atom stereocenters. The first-order valence-electron chi connectivity index (χ1n) is 18.3. The maximum Gasteiger partial charge on any atom is 0.407 e. The maximum absolute atomic E-state index is 12.5. The van der Waals surface area contributed by atoms with Crippen LogP contribution >= 0.6 is 0 Å². The average molecular weight is 688 g/mol. The first-order chi connectivity index (χ1) is 23.9. The summed E-state index contributed by atoms with van der Waals surface area (Å²) in [6.07, 6.45) is 1.50. The van der Waals surface area contributed by atoms with Crippen molar-refractivity contribution in [2.24, 2.45) is 0 Å². The van der Waals surface area contributed by atoms with Crippen molar-refractivity contribution in [3.05, 3.63) is 35.9 Å². The van der Waals surface area contributed by atoms with Crippen LogP contribution in [0, 0.1) is 0 Å². The molecule has 276 valence electrons. The van der Waals surface area contributed by atoms with Gasteiger partial charge in [-0.15, -0.1) is 0 Å². The van der Waals surface area contributed by atoms with E-state index in [1.807, 2.05) is 0 Å². The van der Waals surface area contributed by atoms with Crippen LogP contribution in [0.15, 0.2) is 30.3 Å². The highest BCUT2D eigenvalue weighted by Crippen LogP contribution is 2.08. The first-order valence-corrected chi connectivity index (χ1v) is 18.3. The van der Waals surface area contributed by atoms with E-state index in [9.17, 15) is 14.4 Å². The fraction of sp³-hybridized carbons (Fsp3) is 0.743. The summed E-state index contributed by atoms with van der Waals surface area (Å²) in [7, 11) is 2.13. The molecule has 14 heteroatoms. The van der Waals surface area contributed by atoms with E-state index in [-0.39, 0.29) is 12.0 Å². The van der Waals surface area contributed by atoms with Gasteiger partial charge in [-0.05, 0) is 31.9 Å². The summed E-state index contributed by atoms with van der Waals surface area (Å²) in [5.74, 6) is 0.0887. The lowest BCUT2D eigenvalue weighted by atomic mass is 10.2. The normalized spacial score (nSPS) is 19.0. The second kappa shape index (κ2) is 22.7. The topological polar surface area (TPSA) is 125 Å². The van der Waals surface area contributed by atoms with Crippen molar-refractivity contribution in [3.8, 4) is 0 Å². The monoisotopic (exact) mass is 687 g/mol. The lowest BCUT2D eigenvalue weighted by Gasteiger charge is -2.35. The SMILES string of the molecule is CN1CCN(CCNC(=O)OCCCCCOC(=O)NCCN2CCN(CC(=O)NCCN3CCN(Cc4ccccc4)CC3)CC2)CC1. The van der Waals surface area contributed by atoms with Gasteiger partial charge >= 0.3 is 12.2 Å². The molecule has 0 aliphatic carbocycles. The van der Waals surface area contributed by atoms with Crippen molar-refractivity contribution >= 4 is 18.1 Å². The highest BCUT2D eigenvalue weighted by Gasteiger charge is 2.20. The van der Waals surface area contributed by atoms with Gasteiger partial charge in [0.15, 0.2) is 0 Å². The summed E-state index contributed by atoms with van der Waals surface area (Å²) in [5, 5.41) is 8.75. The highest BCUT2D eigenvalue weighted by molar-refractivity contribution is 5.78. The van der Waals surface area contributed by atoms with Crippen molar-refractivity contribution in [3.63, 3.8) is 0 Å². The Balaban J connectivity index is 0.898.